The van der Waals surface area contributed by atoms with Crippen molar-refractivity contribution in [3.05, 3.63) is 11.6 Å². The van der Waals surface area contributed by atoms with Crippen LogP contribution in [0.25, 0.3) is 0 Å². The van der Waals surface area contributed by atoms with E-state index in [9.17, 15) is 0 Å². The molecular weight excluding hydrogens is 84.1 g/mol. The van der Waals surface area contributed by atoms with Crippen LogP contribution in [0, 0.1) is 23.7 Å². The fourth-order valence-electron chi connectivity index (χ4n) is 2.28. The number of rotatable bonds is 0. The van der Waals surface area contributed by atoms with Crippen LogP contribution < -0.4 is 0 Å². The quantitative estimate of drug-likeness (QED) is 0.396. The highest BCUT2D eigenvalue weighted by atomic mass is 14.7. The molecule has 0 aliphatic heterocycles. The van der Waals surface area contributed by atoms with Crippen LogP contribution in [-0.2, 0) is 0 Å². The summed E-state index contributed by atoms with van der Waals surface area (Å²) >= 11 is 0. The van der Waals surface area contributed by atoms with Gasteiger partial charge in [-0.05, 0) is 17.8 Å². The number of hydrogen-bond donors (Lipinski definition) is 0. The molecule has 0 aromatic heterocycles. The van der Waals surface area contributed by atoms with Gasteiger partial charge in [-0.3, -0.25) is 0 Å². The van der Waals surface area contributed by atoms with Crippen molar-refractivity contribution in [1.29, 1.82) is 0 Å². The topological polar surface area (TPSA) is 0 Å². The predicted octanol–water partition coefficient (Wildman–Crippen LogP) is 1.44. The smallest absolute Gasteiger partial charge is 0.00198 e. The number of hydrogen-bond acceptors (Lipinski definition) is 0. The normalized spacial score (nSPS) is 69.6. The van der Waals surface area contributed by atoms with Crippen LogP contribution >= 0.6 is 0 Å². The van der Waals surface area contributed by atoms with E-state index in [-0.39, 0.29) is 0 Å². The minimum atomic E-state index is 1.04. The van der Waals surface area contributed by atoms with Crippen LogP contribution in [0.3, 0.4) is 0 Å². The largest absolute Gasteiger partial charge is 0.0769 e. The summed E-state index contributed by atoms with van der Waals surface area (Å²) in [6.45, 7) is 2.38. The lowest BCUT2D eigenvalue weighted by atomic mass is 10.00. The Morgan fingerprint density at radius 1 is 1.57 bits per heavy atom. The number of allylic oxidation sites excluding steroid dienone is 2. The third kappa shape index (κ3) is 0.142. The van der Waals surface area contributed by atoms with Gasteiger partial charge in [-0.15, -0.1) is 0 Å². The van der Waals surface area contributed by atoms with Gasteiger partial charge in [-0.25, -0.2) is 0 Å². The minimum absolute atomic E-state index is 1.04. The molecule has 0 saturated heterocycles. The summed E-state index contributed by atoms with van der Waals surface area (Å²) in [7, 11) is 0. The Labute approximate surface area is 43.2 Å². The maximum Gasteiger partial charge on any atom is 0.00198 e. The van der Waals surface area contributed by atoms with E-state index in [1.807, 2.05) is 0 Å². The fraction of sp³-hybridized carbons (Fsp3) is 0.714. The summed E-state index contributed by atoms with van der Waals surface area (Å²) < 4.78 is 0. The van der Waals surface area contributed by atoms with Crippen molar-refractivity contribution in [2.24, 2.45) is 23.7 Å². The van der Waals surface area contributed by atoms with E-state index < -0.39 is 0 Å². The lowest BCUT2D eigenvalue weighted by molar-refractivity contribution is 0.590. The molecule has 2 saturated carbocycles. The summed E-state index contributed by atoms with van der Waals surface area (Å²) in [5.74, 6) is 4.38. The summed E-state index contributed by atoms with van der Waals surface area (Å²) in [5.41, 5.74) is 1.80. The van der Waals surface area contributed by atoms with Crippen LogP contribution in [0.15, 0.2) is 11.6 Å². The van der Waals surface area contributed by atoms with Gasteiger partial charge < -0.3 is 0 Å². The zero-order chi connectivity index (χ0) is 4.59. The van der Waals surface area contributed by atoms with E-state index in [4.69, 9.17) is 0 Å². The Kier molecular flexibility index (Phi) is 0.216. The second-order valence-corrected chi connectivity index (χ2v) is 3.15. The second kappa shape index (κ2) is 0.521. The molecule has 0 aromatic rings. The summed E-state index contributed by atoms with van der Waals surface area (Å²) in [5, 5.41) is 0. The molecule has 7 heavy (non-hydrogen) atoms. The first-order valence-corrected chi connectivity index (χ1v) is 3.11. The lowest BCUT2D eigenvalue weighted by Crippen LogP contribution is -1.98. The lowest BCUT2D eigenvalue weighted by Gasteiger charge is -2.04. The Morgan fingerprint density at radius 2 is 2.43 bits per heavy atom. The molecule has 36 valence electrons. The van der Waals surface area contributed by atoms with Gasteiger partial charge in [0.1, 0.15) is 0 Å². The molecule has 3 aliphatic carbocycles. The molecule has 2 fully saturated rings. The van der Waals surface area contributed by atoms with Crippen LogP contribution in [0.5, 0.6) is 0 Å². The van der Waals surface area contributed by atoms with E-state index in [1.165, 1.54) is 0 Å². The molecule has 4 unspecified atom stereocenters. The molecule has 0 heterocycles. The van der Waals surface area contributed by atoms with Crippen LogP contribution in [0.2, 0.25) is 0 Å². The zero-order valence-electron chi connectivity index (χ0n) is 4.39. The van der Waals surface area contributed by atoms with Gasteiger partial charge in [0.25, 0.3) is 0 Å². The highest BCUT2D eigenvalue weighted by molar-refractivity contribution is 5.51. The first-order chi connectivity index (χ1) is 3.39. The van der Waals surface area contributed by atoms with E-state index in [0.717, 1.165) is 23.7 Å². The molecule has 4 atom stereocenters. The van der Waals surface area contributed by atoms with Crippen LogP contribution in [0.4, 0.5) is 0 Å². The Balaban J connectivity index is 2.10. The predicted molar refractivity (Wildman–Crippen MR) is 27.7 cm³/mol. The molecule has 0 bridgehead atoms. The molecule has 0 radical (unpaired) electrons. The second-order valence-electron chi connectivity index (χ2n) is 3.15. The van der Waals surface area contributed by atoms with Crippen molar-refractivity contribution < 1.29 is 0 Å². The third-order valence-electron chi connectivity index (χ3n) is 2.89. The van der Waals surface area contributed by atoms with Crippen molar-refractivity contribution in [3.63, 3.8) is 0 Å². The Morgan fingerprint density at radius 3 is 2.71 bits per heavy atom. The van der Waals surface area contributed by atoms with Crippen LogP contribution in [-0.4, -0.2) is 0 Å². The standard InChI is InChI=1S/C7H8/c1-3-6-4-2-5(4)7(3)6/h2-4,6-7H,1H3. The van der Waals surface area contributed by atoms with Gasteiger partial charge in [0.15, 0.2) is 0 Å². The Hall–Kier alpha value is -0.260. The molecule has 0 nitrogen and oxygen atoms in total. The van der Waals surface area contributed by atoms with Crippen molar-refractivity contribution in [1.82, 2.24) is 0 Å². The fourth-order valence-corrected chi connectivity index (χ4v) is 2.28. The van der Waals surface area contributed by atoms with Crippen molar-refractivity contribution in [2.75, 3.05) is 0 Å². The molecule has 3 rings (SSSR count). The molecule has 3 aliphatic rings. The third-order valence-corrected chi connectivity index (χ3v) is 2.89. The molecule has 0 aromatic carbocycles. The summed E-state index contributed by atoms with van der Waals surface area (Å²) in [4.78, 5) is 0. The molecule has 0 heteroatoms. The summed E-state index contributed by atoms with van der Waals surface area (Å²) in [6, 6.07) is 0. The molecule has 0 N–H and O–H groups in total. The highest BCUT2D eigenvalue weighted by Crippen LogP contribution is 2.75. The van der Waals surface area contributed by atoms with E-state index in [2.05, 4.69) is 13.0 Å². The van der Waals surface area contributed by atoms with Gasteiger partial charge in [-0.2, -0.15) is 0 Å². The summed E-state index contributed by atoms with van der Waals surface area (Å²) in [6.07, 6.45) is 2.44. The first-order valence-electron chi connectivity index (χ1n) is 3.11. The first kappa shape index (κ1) is 2.91. The van der Waals surface area contributed by atoms with Crippen LogP contribution in [0.1, 0.15) is 6.92 Å². The number of fused-ring (bicyclic) bond motifs is 4. The molecule has 0 spiro atoms. The monoisotopic (exact) mass is 92.1 g/mol. The Bertz CT molecular complexity index is 167. The van der Waals surface area contributed by atoms with Crippen molar-refractivity contribution in [2.45, 2.75) is 6.92 Å². The van der Waals surface area contributed by atoms with Gasteiger partial charge in [-0.1, -0.05) is 18.6 Å². The van der Waals surface area contributed by atoms with Gasteiger partial charge in [0, 0.05) is 5.92 Å². The molecular formula is C7H8. The van der Waals surface area contributed by atoms with Crippen molar-refractivity contribution in [3.8, 4) is 0 Å². The van der Waals surface area contributed by atoms with E-state index >= 15 is 0 Å². The molecule has 0 amide bonds. The van der Waals surface area contributed by atoms with E-state index in [1.54, 1.807) is 5.57 Å². The SMILES string of the molecule is CC1C2C3=CC3C12. The highest BCUT2D eigenvalue weighted by Gasteiger charge is 2.68. The van der Waals surface area contributed by atoms with Crippen molar-refractivity contribution >= 4 is 0 Å². The zero-order valence-corrected chi connectivity index (χ0v) is 4.39. The van der Waals surface area contributed by atoms with Gasteiger partial charge in [0.05, 0.1) is 0 Å². The maximum absolute atomic E-state index is 2.44. The van der Waals surface area contributed by atoms with E-state index in [0.29, 0.717) is 0 Å². The van der Waals surface area contributed by atoms with Gasteiger partial charge in [0.2, 0.25) is 0 Å². The average molecular weight is 92.1 g/mol. The van der Waals surface area contributed by atoms with Gasteiger partial charge >= 0.3 is 0 Å². The maximum atomic E-state index is 2.44. The average Bonchev–Trinajstić information content (AvgIpc) is 2.20. The minimum Gasteiger partial charge on any atom is -0.0769 e.